The lowest BCUT2D eigenvalue weighted by Crippen LogP contribution is -2.62. The predicted octanol–water partition coefficient (Wildman–Crippen LogP) is 22.5. The van der Waals surface area contributed by atoms with Gasteiger partial charge in [0.05, 0.1) is 5.54 Å². The summed E-state index contributed by atoms with van der Waals surface area (Å²) in [4.78, 5) is 8.68. The van der Waals surface area contributed by atoms with Crippen molar-refractivity contribution in [2.75, 3.05) is 14.7 Å². The molecule has 480 valence electrons. The summed E-state index contributed by atoms with van der Waals surface area (Å²) in [5.41, 5.74) is 35.7. The van der Waals surface area contributed by atoms with Crippen LogP contribution in [0.5, 0.6) is 0 Å². The van der Waals surface area contributed by atoms with Crippen LogP contribution in [0.25, 0.3) is 11.1 Å². The maximum Gasteiger partial charge on any atom is 0.252 e. The highest BCUT2D eigenvalue weighted by atomic mass is 15.3. The summed E-state index contributed by atoms with van der Waals surface area (Å²) in [6.07, 6.45) is 14.1. The van der Waals surface area contributed by atoms with Gasteiger partial charge in [-0.25, -0.2) is 0 Å². The lowest BCUT2D eigenvalue weighted by molar-refractivity contribution is 0.195. The van der Waals surface area contributed by atoms with Gasteiger partial charge >= 0.3 is 0 Å². The Bertz CT molecular complexity index is 4100. The molecule has 4 heteroatoms. The van der Waals surface area contributed by atoms with Crippen molar-refractivity contribution in [3.63, 3.8) is 0 Å². The maximum atomic E-state index is 2.93. The highest BCUT2D eigenvalue weighted by Crippen LogP contribution is 2.64. The molecule has 92 heavy (non-hydrogen) atoms. The largest absolute Gasteiger partial charge is 0.334 e. The third-order valence-corrected chi connectivity index (χ3v) is 27.3. The Kier molecular flexibility index (Phi) is 13.1. The third kappa shape index (κ3) is 8.76. The molecule has 0 aromatic heterocycles. The van der Waals surface area contributed by atoms with Gasteiger partial charge in [0.25, 0.3) is 6.71 Å². The maximum absolute atomic E-state index is 2.93. The van der Waals surface area contributed by atoms with Gasteiger partial charge in [-0.2, -0.15) is 0 Å². The van der Waals surface area contributed by atoms with Crippen LogP contribution in [-0.2, 0) is 54.1 Å². The quantitative estimate of drug-likeness (QED) is 0.163. The fraction of sp³-hybridized carbons (Fsp3) is 0.523. The van der Waals surface area contributed by atoms with Crippen molar-refractivity contribution < 1.29 is 0 Å². The minimum atomic E-state index is -0.199. The molecule has 1 fully saturated rings. The van der Waals surface area contributed by atoms with Crippen molar-refractivity contribution in [1.82, 2.24) is 0 Å². The Morgan fingerprint density at radius 1 is 0.326 bits per heavy atom. The fourth-order valence-corrected chi connectivity index (χ4v) is 20.1. The normalized spacial score (nSPS) is 24.9. The highest BCUT2D eigenvalue weighted by Gasteiger charge is 2.59. The van der Waals surface area contributed by atoms with Crippen molar-refractivity contribution in [2.24, 2.45) is 0 Å². The molecule has 5 aliphatic carbocycles. The fourth-order valence-electron chi connectivity index (χ4n) is 20.1. The average Bonchev–Trinajstić information content (AvgIpc) is 1.14. The van der Waals surface area contributed by atoms with Crippen LogP contribution in [0.2, 0.25) is 0 Å². The van der Waals surface area contributed by atoms with Crippen LogP contribution in [0.3, 0.4) is 0 Å². The average molecular weight is 1220 g/mol. The summed E-state index contributed by atoms with van der Waals surface area (Å²) < 4.78 is 0. The van der Waals surface area contributed by atoms with Crippen LogP contribution in [0, 0.1) is 13.8 Å². The van der Waals surface area contributed by atoms with E-state index in [0.717, 1.165) is 12.8 Å². The van der Waals surface area contributed by atoms with E-state index in [2.05, 4.69) is 277 Å². The number of fused-ring (bicyclic) bond motifs is 11. The molecule has 8 aliphatic rings. The summed E-state index contributed by atoms with van der Waals surface area (Å²) in [6.45, 7) is 57.8. The SMILES string of the molecule is Cc1cc2c(cc1N1c3cc4c(cc3B3c5cc6c(cc5N(c5cc7c(cc5C)C(C)(C)CCC7(C)C)c5cc(N7c8ccc(-c9ccc(C(C)(C)C)cc9)cc8C8(C)CCCCC78C)cc1c53)C(C)(C)CCC6(C)C)C(C)(C)CCC4(C)C)C(C)(C)CCC2(C)C. The molecule has 0 bridgehead atoms. The zero-order valence-electron chi connectivity index (χ0n) is 61.2. The van der Waals surface area contributed by atoms with Crippen LogP contribution >= 0.6 is 0 Å². The molecule has 0 saturated heterocycles. The zero-order chi connectivity index (χ0) is 65.7. The molecule has 0 spiro atoms. The lowest BCUT2D eigenvalue weighted by atomic mass is 9.32. The Balaban J connectivity index is 1.10. The van der Waals surface area contributed by atoms with Gasteiger partial charge in [-0.1, -0.05) is 206 Å². The molecule has 2 atom stereocenters. The first-order valence-electron chi connectivity index (χ1n) is 36.2. The minimum absolute atomic E-state index is 0.00476. The lowest BCUT2D eigenvalue weighted by Gasteiger charge is -2.52. The van der Waals surface area contributed by atoms with Gasteiger partial charge in [-0.3, -0.25) is 0 Å². The van der Waals surface area contributed by atoms with Gasteiger partial charge < -0.3 is 14.7 Å². The van der Waals surface area contributed by atoms with Crippen LogP contribution in [0.15, 0.2) is 103 Å². The second-order valence-electron chi connectivity index (χ2n) is 38.1. The number of hydrogen-bond donors (Lipinski definition) is 0. The first-order valence-corrected chi connectivity index (χ1v) is 36.2. The second-order valence-corrected chi connectivity index (χ2v) is 38.1. The van der Waals surface area contributed by atoms with Crippen molar-refractivity contribution >= 4 is 68.6 Å². The molecule has 0 N–H and O–H groups in total. The van der Waals surface area contributed by atoms with E-state index < -0.39 is 0 Å². The third-order valence-electron chi connectivity index (χ3n) is 27.3. The Morgan fingerprint density at radius 2 is 0.674 bits per heavy atom. The van der Waals surface area contributed by atoms with Crippen LogP contribution < -0.4 is 31.1 Å². The second kappa shape index (κ2) is 19.4. The molecule has 3 nitrogen and oxygen atoms in total. The van der Waals surface area contributed by atoms with Gasteiger partial charge in [0, 0.05) is 50.9 Å². The summed E-state index contributed by atoms with van der Waals surface area (Å²) in [5, 5.41) is 0. The molecule has 0 amide bonds. The van der Waals surface area contributed by atoms with Crippen LogP contribution in [0.4, 0.5) is 45.5 Å². The van der Waals surface area contributed by atoms with E-state index in [9.17, 15) is 0 Å². The first-order chi connectivity index (χ1) is 42.7. The van der Waals surface area contributed by atoms with Crippen LogP contribution in [0.1, 0.15) is 289 Å². The van der Waals surface area contributed by atoms with Crippen molar-refractivity contribution in [1.29, 1.82) is 0 Å². The Morgan fingerprint density at radius 3 is 1.07 bits per heavy atom. The van der Waals surface area contributed by atoms with Gasteiger partial charge in [0.2, 0.25) is 0 Å². The molecule has 3 aliphatic heterocycles. The molecule has 1 saturated carbocycles. The van der Waals surface area contributed by atoms with E-state index in [1.807, 2.05) is 0 Å². The van der Waals surface area contributed by atoms with Crippen molar-refractivity contribution in [3.05, 3.63) is 170 Å². The van der Waals surface area contributed by atoms with E-state index in [0.29, 0.717) is 0 Å². The minimum Gasteiger partial charge on any atom is -0.334 e. The molecule has 2 unspecified atom stereocenters. The molecule has 7 aromatic carbocycles. The van der Waals surface area contributed by atoms with Crippen LogP contribution in [-0.4, -0.2) is 12.3 Å². The predicted molar refractivity (Wildman–Crippen MR) is 398 cm³/mol. The molecule has 7 aromatic rings. The molecular formula is C88H110BN3. The topological polar surface area (TPSA) is 9.72 Å². The molecular weight excluding hydrogens is 1110 g/mol. The van der Waals surface area contributed by atoms with E-state index in [1.54, 1.807) is 11.1 Å². The van der Waals surface area contributed by atoms with Gasteiger partial charge in [-0.05, 0) is 277 Å². The number of rotatable bonds is 4. The number of anilines is 8. The monoisotopic (exact) mass is 1220 g/mol. The molecule has 15 rings (SSSR count). The Labute approximate surface area is 557 Å². The smallest absolute Gasteiger partial charge is 0.252 e. The Hall–Kier alpha value is -6.00. The van der Waals surface area contributed by atoms with Gasteiger partial charge in [-0.15, -0.1) is 0 Å². The molecule has 0 radical (unpaired) electrons. The highest BCUT2D eigenvalue weighted by molar-refractivity contribution is 7.00. The first kappa shape index (κ1) is 62.1. The van der Waals surface area contributed by atoms with E-state index in [4.69, 9.17) is 0 Å². The summed E-state index contributed by atoms with van der Waals surface area (Å²) >= 11 is 0. The van der Waals surface area contributed by atoms with Crippen molar-refractivity contribution in [3.8, 4) is 11.1 Å². The van der Waals surface area contributed by atoms with E-state index >= 15 is 0 Å². The zero-order valence-corrected chi connectivity index (χ0v) is 61.2. The standard InChI is InChI=1S/C88H110BN3/c1-53-42-59-63(83(14,15)38-34-79(59,6)7)49-71(53)90-73-51-65-61(81(10,11)36-40-85(65,18)19)47-68(73)89-69-48-62-66(86(20,21)41-37-82(62,12)13)52-74(69)91(72-50-64-60(43-54(72)2)80(8,9)35-39-84(64,16)17)76-46-58(45-75(90)77(76)89)92-70-31-28-56(55-26-29-57(30-27-55)78(3,4)5)44-67(70)87(22)32-24-25-33-88(87,92)23/h26-31,42-52H,24-25,32-41H2,1-23H3. The number of nitrogens with zero attached hydrogens (tertiary/aromatic N) is 3. The van der Waals surface area contributed by atoms with E-state index in [1.165, 1.54) is 193 Å². The summed E-state index contributed by atoms with van der Waals surface area (Å²) in [7, 11) is 0. The number of hydrogen-bond acceptors (Lipinski definition) is 3. The van der Waals surface area contributed by atoms with Gasteiger partial charge in [0.1, 0.15) is 0 Å². The summed E-state index contributed by atoms with van der Waals surface area (Å²) in [5.74, 6) is 0. The number of benzene rings is 7. The van der Waals surface area contributed by atoms with Crippen molar-refractivity contribution in [2.45, 2.75) is 296 Å². The van der Waals surface area contributed by atoms with Gasteiger partial charge in [0.15, 0.2) is 0 Å². The summed E-state index contributed by atoms with van der Waals surface area (Å²) in [6, 6.07) is 44.5. The molecule has 3 heterocycles. The number of aryl methyl sites for hydroxylation is 2. The van der Waals surface area contributed by atoms with E-state index in [-0.39, 0.29) is 66.4 Å².